The van der Waals surface area contributed by atoms with Crippen molar-refractivity contribution in [3.63, 3.8) is 0 Å². The number of benzene rings is 1. The summed E-state index contributed by atoms with van der Waals surface area (Å²) >= 11 is 1.66. The van der Waals surface area contributed by atoms with Crippen LogP contribution in [0.2, 0.25) is 0 Å². The molecule has 1 saturated heterocycles. The summed E-state index contributed by atoms with van der Waals surface area (Å²) < 4.78 is 0. The maximum absolute atomic E-state index is 10.8. The molecule has 0 unspecified atom stereocenters. The molecule has 1 aromatic carbocycles. The Hall–Kier alpha value is -2.41. The summed E-state index contributed by atoms with van der Waals surface area (Å²) in [7, 11) is 0. The van der Waals surface area contributed by atoms with Gasteiger partial charge in [-0.05, 0) is 18.2 Å². The summed E-state index contributed by atoms with van der Waals surface area (Å²) in [6.07, 6.45) is 1.77. The Morgan fingerprint density at radius 1 is 1.32 bits per heavy atom. The zero-order valence-corrected chi connectivity index (χ0v) is 12.6. The quantitative estimate of drug-likeness (QED) is 0.640. The molecule has 2 aromatic rings. The smallest absolute Gasteiger partial charge is 0.271 e. The normalized spacial score (nSPS) is 16.2. The van der Waals surface area contributed by atoms with Crippen LogP contribution in [0.4, 0.5) is 11.4 Å². The minimum Gasteiger partial charge on any atom is -0.344 e. The molecule has 0 aliphatic carbocycles. The Morgan fingerprint density at radius 2 is 2.23 bits per heavy atom. The van der Waals surface area contributed by atoms with Crippen molar-refractivity contribution in [2.45, 2.75) is 6.54 Å². The van der Waals surface area contributed by atoms with Crippen molar-refractivity contribution in [2.24, 2.45) is 4.99 Å². The number of pyridine rings is 1. The van der Waals surface area contributed by atoms with Crippen molar-refractivity contribution in [3.8, 4) is 0 Å². The molecule has 6 nitrogen and oxygen atoms in total. The number of hydrogen-bond acceptors (Lipinski definition) is 5. The first-order valence-electron chi connectivity index (χ1n) is 6.83. The summed E-state index contributed by atoms with van der Waals surface area (Å²) in [5, 5.41) is 11.7. The van der Waals surface area contributed by atoms with E-state index in [1.54, 1.807) is 30.1 Å². The zero-order valence-electron chi connectivity index (χ0n) is 11.8. The van der Waals surface area contributed by atoms with Crippen LogP contribution in [0, 0.1) is 10.1 Å². The van der Waals surface area contributed by atoms with Crippen LogP contribution in [0.15, 0.2) is 53.7 Å². The topological polar surface area (TPSA) is 71.6 Å². The van der Waals surface area contributed by atoms with Crippen LogP contribution in [0.3, 0.4) is 0 Å². The van der Waals surface area contributed by atoms with Gasteiger partial charge in [0, 0.05) is 30.6 Å². The van der Waals surface area contributed by atoms with E-state index < -0.39 is 4.92 Å². The van der Waals surface area contributed by atoms with Crippen molar-refractivity contribution in [3.05, 3.63) is 64.5 Å². The SMILES string of the molecule is O=[N+]([O-])c1cccc(N=C2SCCN2Cc2ccccn2)c1. The third-order valence-corrected chi connectivity index (χ3v) is 4.20. The van der Waals surface area contributed by atoms with Gasteiger partial charge in [0.25, 0.3) is 5.69 Å². The van der Waals surface area contributed by atoms with Crippen LogP contribution in [0.1, 0.15) is 5.69 Å². The van der Waals surface area contributed by atoms with E-state index in [1.165, 1.54) is 12.1 Å². The van der Waals surface area contributed by atoms with Crippen molar-refractivity contribution >= 4 is 28.3 Å². The molecule has 0 atom stereocenters. The van der Waals surface area contributed by atoms with Crippen molar-refractivity contribution in [2.75, 3.05) is 12.3 Å². The molecule has 1 aliphatic rings. The molecule has 2 heterocycles. The summed E-state index contributed by atoms with van der Waals surface area (Å²) in [6, 6.07) is 12.2. The van der Waals surface area contributed by atoms with E-state index in [9.17, 15) is 10.1 Å². The molecule has 0 amide bonds. The summed E-state index contributed by atoms with van der Waals surface area (Å²) in [4.78, 5) is 21.4. The Morgan fingerprint density at radius 3 is 3.00 bits per heavy atom. The van der Waals surface area contributed by atoms with E-state index in [-0.39, 0.29) is 5.69 Å². The molecule has 0 spiro atoms. The van der Waals surface area contributed by atoms with Crippen LogP contribution in [-0.2, 0) is 6.54 Å². The van der Waals surface area contributed by atoms with Gasteiger partial charge >= 0.3 is 0 Å². The monoisotopic (exact) mass is 314 g/mol. The number of nitrogens with zero attached hydrogens (tertiary/aromatic N) is 4. The number of non-ortho nitro benzene ring substituents is 1. The van der Waals surface area contributed by atoms with Gasteiger partial charge in [-0.15, -0.1) is 0 Å². The fourth-order valence-electron chi connectivity index (χ4n) is 2.16. The Bertz CT molecular complexity index is 706. The van der Waals surface area contributed by atoms with E-state index in [0.29, 0.717) is 12.2 Å². The largest absolute Gasteiger partial charge is 0.344 e. The van der Waals surface area contributed by atoms with Crippen molar-refractivity contribution < 1.29 is 4.92 Å². The van der Waals surface area contributed by atoms with Gasteiger partial charge in [0.05, 0.1) is 22.8 Å². The Balaban J connectivity index is 1.80. The average Bonchev–Trinajstić information content (AvgIpc) is 2.95. The number of amidine groups is 1. The minimum atomic E-state index is -0.406. The molecule has 3 rings (SSSR count). The first-order chi connectivity index (χ1) is 10.7. The molecule has 0 radical (unpaired) electrons. The lowest BCUT2D eigenvalue weighted by Gasteiger charge is -2.17. The number of thioether (sulfide) groups is 1. The van der Waals surface area contributed by atoms with E-state index in [0.717, 1.165) is 23.2 Å². The number of hydrogen-bond donors (Lipinski definition) is 0. The van der Waals surface area contributed by atoms with Gasteiger partial charge in [-0.2, -0.15) is 0 Å². The van der Waals surface area contributed by atoms with Crippen molar-refractivity contribution in [1.82, 2.24) is 9.88 Å². The summed E-state index contributed by atoms with van der Waals surface area (Å²) in [5.41, 5.74) is 1.64. The van der Waals surface area contributed by atoms with Crippen LogP contribution < -0.4 is 0 Å². The maximum Gasteiger partial charge on any atom is 0.271 e. The second-order valence-electron chi connectivity index (χ2n) is 4.76. The van der Waals surface area contributed by atoms with Gasteiger partial charge in [-0.1, -0.05) is 23.9 Å². The molecule has 112 valence electrons. The van der Waals surface area contributed by atoms with E-state index in [1.807, 2.05) is 18.2 Å². The van der Waals surface area contributed by atoms with Crippen LogP contribution >= 0.6 is 11.8 Å². The highest BCUT2D eigenvalue weighted by atomic mass is 32.2. The minimum absolute atomic E-state index is 0.0566. The van der Waals surface area contributed by atoms with Gasteiger partial charge in [-0.3, -0.25) is 15.1 Å². The second kappa shape index (κ2) is 6.57. The number of rotatable bonds is 4. The molecule has 1 aromatic heterocycles. The molecule has 1 fully saturated rings. The molecular formula is C15H14N4O2S. The Labute approximate surface area is 132 Å². The van der Waals surface area contributed by atoms with Gasteiger partial charge in [0.2, 0.25) is 0 Å². The highest BCUT2D eigenvalue weighted by Gasteiger charge is 2.20. The Kier molecular flexibility index (Phi) is 4.34. The average molecular weight is 314 g/mol. The summed E-state index contributed by atoms with van der Waals surface area (Å²) in [5.74, 6) is 0.959. The van der Waals surface area contributed by atoms with Gasteiger partial charge in [0.1, 0.15) is 0 Å². The highest BCUT2D eigenvalue weighted by molar-refractivity contribution is 8.14. The predicted molar refractivity (Wildman–Crippen MR) is 87.3 cm³/mol. The standard InChI is InChI=1S/C15H14N4O2S/c20-19(21)14-6-3-5-12(10-14)17-15-18(8-9-22-15)11-13-4-1-2-7-16-13/h1-7,10H,8-9,11H2. The van der Waals surface area contributed by atoms with Gasteiger partial charge in [-0.25, -0.2) is 4.99 Å². The van der Waals surface area contributed by atoms with Gasteiger partial charge < -0.3 is 4.90 Å². The molecule has 1 aliphatic heterocycles. The number of aromatic nitrogens is 1. The first-order valence-corrected chi connectivity index (χ1v) is 7.82. The molecule has 22 heavy (non-hydrogen) atoms. The second-order valence-corrected chi connectivity index (χ2v) is 5.82. The van der Waals surface area contributed by atoms with E-state index >= 15 is 0 Å². The summed E-state index contributed by atoms with van der Waals surface area (Å²) in [6.45, 7) is 1.59. The molecule has 7 heteroatoms. The van der Waals surface area contributed by atoms with Crippen LogP contribution in [0.5, 0.6) is 0 Å². The molecule has 0 N–H and O–H groups in total. The lowest BCUT2D eigenvalue weighted by Crippen LogP contribution is -2.24. The highest BCUT2D eigenvalue weighted by Crippen LogP contribution is 2.26. The lowest BCUT2D eigenvalue weighted by atomic mass is 10.3. The predicted octanol–water partition coefficient (Wildman–Crippen LogP) is 3.23. The van der Waals surface area contributed by atoms with Crippen LogP contribution in [-0.4, -0.2) is 32.3 Å². The zero-order chi connectivity index (χ0) is 15.4. The van der Waals surface area contributed by atoms with E-state index in [2.05, 4.69) is 14.9 Å². The first kappa shape index (κ1) is 14.5. The van der Waals surface area contributed by atoms with Crippen LogP contribution in [0.25, 0.3) is 0 Å². The van der Waals surface area contributed by atoms with E-state index in [4.69, 9.17) is 0 Å². The molecule has 0 saturated carbocycles. The molecular weight excluding hydrogens is 300 g/mol. The third-order valence-electron chi connectivity index (χ3n) is 3.21. The maximum atomic E-state index is 10.8. The lowest BCUT2D eigenvalue weighted by molar-refractivity contribution is -0.384. The fraction of sp³-hybridized carbons (Fsp3) is 0.200. The fourth-order valence-corrected chi connectivity index (χ4v) is 3.16. The number of nitro benzene ring substituents is 1. The number of nitro groups is 1. The molecule has 0 bridgehead atoms. The van der Waals surface area contributed by atoms with Crippen molar-refractivity contribution in [1.29, 1.82) is 0 Å². The third kappa shape index (κ3) is 3.43. The number of aliphatic imine (C=N–C) groups is 1. The van der Waals surface area contributed by atoms with Gasteiger partial charge in [0.15, 0.2) is 5.17 Å².